The molecule has 2 nitrogen and oxygen atoms in total. The van der Waals surface area contributed by atoms with E-state index < -0.39 is 57.8 Å². The SMILES string of the molecule is FC(F)(F)C(F)(F)C(F)(F)C(F)(F)C(F)(F)C(F)(F)C(F)(F)C(F)(F)F.O=[SH](=O)Cl. The van der Waals surface area contributed by atoms with Crippen LogP contribution >= 0.6 is 10.7 Å². The molecule has 0 radical (unpaired) electrons. The van der Waals surface area contributed by atoms with Gasteiger partial charge >= 0.3 is 47.9 Å². The van der Waals surface area contributed by atoms with E-state index in [0.29, 0.717) is 0 Å². The topological polar surface area (TPSA) is 34.1 Å². The lowest BCUT2D eigenvalue weighted by Crippen LogP contribution is -2.74. The average Bonchev–Trinajstić information content (AvgIpc) is 2.42. The van der Waals surface area contributed by atoms with Gasteiger partial charge in [-0.2, -0.15) is 79.0 Å². The van der Waals surface area contributed by atoms with E-state index in [1.54, 1.807) is 0 Å². The van der Waals surface area contributed by atoms with Crippen molar-refractivity contribution in [2.75, 3.05) is 0 Å². The van der Waals surface area contributed by atoms with Crippen LogP contribution < -0.4 is 0 Å². The molecule has 0 aliphatic heterocycles. The summed E-state index contributed by atoms with van der Waals surface area (Å²) < 4.78 is 238. The molecule has 0 fully saturated rings. The fraction of sp³-hybridized carbons (Fsp3) is 1.00. The quantitative estimate of drug-likeness (QED) is 0.278. The zero-order valence-electron chi connectivity index (χ0n) is 12.4. The number of alkyl halides is 18. The Bertz CT molecular complexity index is 617. The molecule has 0 heterocycles. The van der Waals surface area contributed by atoms with Gasteiger partial charge in [-0.1, -0.05) is 0 Å². The van der Waals surface area contributed by atoms with Crippen LogP contribution in [0.4, 0.5) is 79.0 Å². The van der Waals surface area contributed by atoms with Crippen molar-refractivity contribution in [3.05, 3.63) is 0 Å². The zero-order valence-corrected chi connectivity index (χ0v) is 14.1. The Labute approximate surface area is 157 Å². The van der Waals surface area contributed by atoms with Gasteiger partial charge in [-0.3, -0.25) is 0 Å². The first kappa shape index (κ1) is 31.2. The Kier molecular flexibility index (Phi) is 8.47. The maximum Gasteiger partial charge on any atom is 0.460 e. The summed E-state index contributed by atoms with van der Waals surface area (Å²) in [5, 5.41) is 0. The van der Waals surface area contributed by atoms with Crippen molar-refractivity contribution in [2.45, 2.75) is 47.9 Å². The van der Waals surface area contributed by atoms with Crippen LogP contribution in [0.2, 0.25) is 0 Å². The average molecular weight is 539 g/mol. The third-order valence-electron chi connectivity index (χ3n) is 2.68. The first-order valence-electron chi connectivity index (χ1n) is 5.69. The molecule has 22 heteroatoms. The van der Waals surface area contributed by atoms with Gasteiger partial charge in [0, 0.05) is 10.7 Å². The first-order valence-corrected chi connectivity index (χ1v) is 7.77. The second kappa shape index (κ2) is 8.15. The molecule has 0 aromatic rings. The largest absolute Gasteiger partial charge is 0.460 e. The third-order valence-corrected chi connectivity index (χ3v) is 2.68. The number of hydrogen-bond acceptors (Lipinski definition) is 2. The summed E-state index contributed by atoms with van der Waals surface area (Å²) in [4.78, 5) is 0. The Morgan fingerprint density at radius 2 is 0.467 bits per heavy atom. The smallest absolute Gasteiger partial charge is 0.215 e. The van der Waals surface area contributed by atoms with Crippen LogP contribution in [0.5, 0.6) is 0 Å². The fourth-order valence-corrected chi connectivity index (χ4v) is 1.14. The maximum absolute atomic E-state index is 12.8. The van der Waals surface area contributed by atoms with E-state index in [-0.39, 0.29) is 0 Å². The molecule has 0 amide bonds. The summed E-state index contributed by atoms with van der Waals surface area (Å²) in [6, 6.07) is 0. The van der Waals surface area contributed by atoms with Gasteiger partial charge in [0.15, 0.2) is 0 Å². The van der Waals surface area contributed by atoms with E-state index in [4.69, 9.17) is 8.42 Å². The molecule has 30 heavy (non-hydrogen) atoms. The molecule has 0 unspecified atom stereocenters. The molecule has 0 saturated carbocycles. The monoisotopic (exact) mass is 538 g/mol. The van der Waals surface area contributed by atoms with E-state index in [2.05, 4.69) is 10.7 Å². The highest BCUT2D eigenvalue weighted by atomic mass is 35.7. The van der Waals surface area contributed by atoms with E-state index in [9.17, 15) is 79.0 Å². The number of thiol groups is 1. The van der Waals surface area contributed by atoms with Gasteiger partial charge in [0.25, 0.3) is 0 Å². The molecular formula is C8HClF18O2S. The standard InChI is InChI=1S/C8F18.ClHO2S/c9-1(10,3(13,14)5(17,18)7(21,22)23)2(11,12)4(15,16)6(19,20)8(24,25)26;1-4(2)3/h;4H. The number of rotatable bonds is 5. The summed E-state index contributed by atoms with van der Waals surface area (Å²) in [6.45, 7) is 0. The van der Waals surface area contributed by atoms with Crippen molar-refractivity contribution in [1.82, 2.24) is 0 Å². The van der Waals surface area contributed by atoms with Crippen molar-refractivity contribution in [3.8, 4) is 0 Å². The molecule has 0 N–H and O–H groups in total. The van der Waals surface area contributed by atoms with Crippen LogP contribution in [-0.4, -0.2) is 56.3 Å². The summed E-state index contributed by atoms with van der Waals surface area (Å²) in [7, 11) is 1.58. The Morgan fingerprint density at radius 1 is 0.367 bits per heavy atom. The van der Waals surface area contributed by atoms with Crippen molar-refractivity contribution < 1.29 is 87.4 Å². The maximum atomic E-state index is 12.8. The third kappa shape index (κ3) is 4.74. The van der Waals surface area contributed by atoms with Crippen molar-refractivity contribution >= 4 is 20.6 Å². The lowest BCUT2D eigenvalue weighted by atomic mass is 9.91. The van der Waals surface area contributed by atoms with Gasteiger partial charge < -0.3 is 0 Å². The predicted molar refractivity (Wildman–Crippen MR) is 58.0 cm³/mol. The van der Waals surface area contributed by atoms with Gasteiger partial charge in [-0.25, -0.2) is 8.42 Å². The molecule has 0 bridgehead atoms. The van der Waals surface area contributed by atoms with Crippen LogP contribution in [0.3, 0.4) is 0 Å². The predicted octanol–water partition coefficient (Wildman–Crippen LogP) is 5.67. The molecule has 0 saturated heterocycles. The number of hydrogen-bond donors (Lipinski definition) is 1. The van der Waals surface area contributed by atoms with Crippen LogP contribution in [0.25, 0.3) is 0 Å². The molecule has 0 aromatic heterocycles. The molecule has 0 spiro atoms. The molecule has 0 atom stereocenters. The molecule has 0 aromatic carbocycles. The van der Waals surface area contributed by atoms with Gasteiger partial charge in [0.05, 0.1) is 0 Å². The Hall–Kier alpha value is -1.02. The molecule has 0 rings (SSSR count). The highest BCUT2D eigenvalue weighted by molar-refractivity contribution is 7.98. The fourth-order valence-electron chi connectivity index (χ4n) is 1.14. The van der Waals surface area contributed by atoms with Crippen molar-refractivity contribution in [2.24, 2.45) is 0 Å². The lowest BCUT2D eigenvalue weighted by molar-refractivity contribution is -0.468. The molecule has 184 valence electrons. The van der Waals surface area contributed by atoms with E-state index in [1.807, 2.05) is 0 Å². The Balaban J connectivity index is 0. The van der Waals surface area contributed by atoms with Crippen LogP contribution in [-0.2, 0) is 9.92 Å². The summed E-state index contributed by atoms with van der Waals surface area (Å²) in [6.07, 6.45) is -15.6. The normalized spacial score (nSPS) is 15.7. The van der Waals surface area contributed by atoms with Crippen molar-refractivity contribution in [3.63, 3.8) is 0 Å². The van der Waals surface area contributed by atoms with Gasteiger partial charge in [0.1, 0.15) is 0 Å². The Morgan fingerprint density at radius 3 is 0.567 bits per heavy atom. The minimum atomic E-state index is -8.72. The van der Waals surface area contributed by atoms with Crippen LogP contribution in [0.15, 0.2) is 0 Å². The molecule has 0 aliphatic carbocycles. The first-order chi connectivity index (χ1) is 12.5. The van der Waals surface area contributed by atoms with Gasteiger partial charge in [-0.15, -0.1) is 0 Å². The van der Waals surface area contributed by atoms with E-state index in [1.165, 1.54) is 0 Å². The highest BCUT2D eigenvalue weighted by Crippen LogP contribution is 2.63. The van der Waals surface area contributed by atoms with Crippen LogP contribution in [0, 0.1) is 0 Å². The summed E-state index contributed by atoms with van der Waals surface area (Å²) in [5.41, 5.74) is 0. The van der Waals surface area contributed by atoms with Crippen molar-refractivity contribution in [1.29, 1.82) is 0 Å². The number of halogens is 19. The van der Waals surface area contributed by atoms with E-state index >= 15 is 0 Å². The van der Waals surface area contributed by atoms with E-state index in [0.717, 1.165) is 0 Å². The summed E-state index contributed by atoms with van der Waals surface area (Å²) >= 11 is 0. The minimum Gasteiger partial charge on any atom is -0.215 e. The summed E-state index contributed by atoms with van der Waals surface area (Å²) in [5.74, 6) is -51.0. The minimum absolute atomic E-state index is 2.65. The highest BCUT2D eigenvalue weighted by Gasteiger charge is 2.95. The molecular weight excluding hydrogens is 538 g/mol. The second-order valence-electron chi connectivity index (χ2n) is 4.65. The zero-order chi connectivity index (χ0) is 25.6. The van der Waals surface area contributed by atoms with Gasteiger partial charge in [0.2, 0.25) is 9.92 Å². The van der Waals surface area contributed by atoms with Crippen LogP contribution in [0.1, 0.15) is 0 Å². The lowest BCUT2D eigenvalue weighted by Gasteiger charge is -2.41. The van der Waals surface area contributed by atoms with Gasteiger partial charge in [-0.05, 0) is 0 Å². The second-order valence-corrected chi connectivity index (χ2v) is 5.91. The molecule has 0 aliphatic rings.